The molecule has 0 bridgehead atoms. The van der Waals surface area contributed by atoms with E-state index in [2.05, 4.69) is 6.58 Å². The minimum atomic E-state index is -0.409. The summed E-state index contributed by atoms with van der Waals surface area (Å²) in [6, 6.07) is 0. The predicted molar refractivity (Wildman–Crippen MR) is 58.4 cm³/mol. The summed E-state index contributed by atoms with van der Waals surface area (Å²) in [6.45, 7) is 5.72. The number of rotatable bonds is 4. The van der Waals surface area contributed by atoms with Crippen molar-refractivity contribution in [1.82, 2.24) is 0 Å². The van der Waals surface area contributed by atoms with Crippen LogP contribution < -0.4 is 0 Å². The molecule has 0 heterocycles. The quantitative estimate of drug-likeness (QED) is 0.573. The number of aliphatic hydroxyl groups excluding tert-OH is 1. The summed E-state index contributed by atoms with van der Waals surface area (Å²) in [5.74, 6) is -0.223. The Hall–Kier alpha value is -1.25. The van der Waals surface area contributed by atoms with Gasteiger partial charge in [-0.05, 0) is 19.3 Å². The fraction of sp³-hybridized carbons (Fsp3) is 0.583. The zero-order valence-electron chi connectivity index (χ0n) is 9.38. The maximum Gasteiger partial charge on any atom is 0.337 e. The summed E-state index contributed by atoms with van der Waals surface area (Å²) in [6.07, 6.45) is 4.68. The molecule has 1 rings (SSSR count). The highest BCUT2D eigenvalue weighted by atomic mass is 16.5. The summed E-state index contributed by atoms with van der Waals surface area (Å²) >= 11 is 0. The van der Waals surface area contributed by atoms with Crippen molar-refractivity contribution in [3.8, 4) is 0 Å². The molecule has 15 heavy (non-hydrogen) atoms. The first-order valence-corrected chi connectivity index (χ1v) is 5.23. The van der Waals surface area contributed by atoms with Crippen molar-refractivity contribution in [2.24, 2.45) is 5.41 Å². The first kappa shape index (κ1) is 11.8. The third kappa shape index (κ3) is 1.91. The number of hydrogen-bond donors (Lipinski definition) is 1. The molecular formula is C12H18O3. The Bertz CT molecular complexity index is 304. The van der Waals surface area contributed by atoms with E-state index >= 15 is 0 Å². The summed E-state index contributed by atoms with van der Waals surface area (Å²) in [4.78, 5) is 11.6. The fourth-order valence-electron chi connectivity index (χ4n) is 2.33. The molecule has 0 spiro atoms. The lowest BCUT2D eigenvalue weighted by Crippen LogP contribution is -2.25. The molecule has 0 aliphatic heterocycles. The Kier molecular flexibility index (Phi) is 3.56. The van der Waals surface area contributed by atoms with Gasteiger partial charge in [0, 0.05) is 11.8 Å². The molecule has 0 fully saturated rings. The lowest BCUT2D eigenvalue weighted by atomic mass is 9.76. The minimum absolute atomic E-state index is 0.186. The van der Waals surface area contributed by atoms with E-state index in [1.165, 1.54) is 7.11 Å². The molecule has 1 unspecified atom stereocenters. The first-order valence-electron chi connectivity index (χ1n) is 5.23. The second-order valence-electron chi connectivity index (χ2n) is 3.94. The number of methoxy groups -OCH3 is 1. The highest BCUT2D eigenvalue weighted by Gasteiger charge is 2.43. The van der Waals surface area contributed by atoms with Crippen LogP contribution in [0.15, 0.2) is 24.0 Å². The van der Waals surface area contributed by atoms with Gasteiger partial charge in [0.1, 0.15) is 5.76 Å². The summed E-state index contributed by atoms with van der Waals surface area (Å²) in [5, 5.41) is 9.73. The predicted octanol–water partition coefficient (Wildman–Crippen LogP) is 2.74. The van der Waals surface area contributed by atoms with Crippen LogP contribution in [0, 0.1) is 5.41 Å². The van der Waals surface area contributed by atoms with Gasteiger partial charge in [0.15, 0.2) is 0 Å². The van der Waals surface area contributed by atoms with Crippen LogP contribution in [0.2, 0.25) is 0 Å². The number of esters is 1. The molecule has 0 aromatic rings. The van der Waals surface area contributed by atoms with Crippen LogP contribution in [0.3, 0.4) is 0 Å². The van der Waals surface area contributed by atoms with Crippen LogP contribution in [-0.2, 0) is 9.53 Å². The molecular weight excluding hydrogens is 192 g/mol. The summed E-state index contributed by atoms with van der Waals surface area (Å²) in [7, 11) is 1.34. The number of carbonyl (C=O) groups excluding carboxylic acids is 1. The largest absolute Gasteiger partial charge is 0.512 e. The fourth-order valence-corrected chi connectivity index (χ4v) is 2.33. The van der Waals surface area contributed by atoms with Gasteiger partial charge >= 0.3 is 5.97 Å². The number of hydrogen-bond acceptors (Lipinski definition) is 3. The van der Waals surface area contributed by atoms with Crippen LogP contribution in [-0.4, -0.2) is 18.2 Å². The highest BCUT2D eigenvalue weighted by Crippen LogP contribution is 2.48. The third-order valence-corrected chi connectivity index (χ3v) is 3.26. The van der Waals surface area contributed by atoms with E-state index in [9.17, 15) is 9.90 Å². The molecule has 1 aliphatic rings. The molecule has 0 saturated carbocycles. The van der Waals surface area contributed by atoms with Gasteiger partial charge < -0.3 is 9.84 Å². The maximum absolute atomic E-state index is 11.6. The van der Waals surface area contributed by atoms with Crippen LogP contribution >= 0.6 is 0 Å². The van der Waals surface area contributed by atoms with Crippen LogP contribution in [0.1, 0.15) is 32.6 Å². The molecule has 0 radical (unpaired) electrons. The SMILES string of the molecule is C=CCC1(CC)CCC(O)=C1C(=O)OC. The summed E-state index contributed by atoms with van der Waals surface area (Å²) in [5.41, 5.74) is 0.186. The van der Waals surface area contributed by atoms with Crippen molar-refractivity contribution in [1.29, 1.82) is 0 Å². The van der Waals surface area contributed by atoms with Crippen molar-refractivity contribution < 1.29 is 14.6 Å². The molecule has 84 valence electrons. The normalized spacial score (nSPS) is 25.5. The molecule has 0 aromatic heterocycles. The molecule has 0 saturated heterocycles. The molecule has 3 nitrogen and oxygen atoms in total. The molecule has 0 aromatic carbocycles. The molecule has 3 heteroatoms. The Morgan fingerprint density at radius 1 is 1.73 bits per heavy atom. The lowest BCUT2D eigenvalue weighted by molar-refractivity contribution is -0.137. The van der Waals surface area contributed by atoms with Crippen LogP contribution in [0.5, 0.6) is 0 Å². The van der Waals surface area contributed by atoms with E-state index in [4.69, 9.17) is 4.74 Å². The zero-order valence-corrected chi connectivity index (χ0v) is 9.38. The summed E-state index contributed by atoms with van der Waals surface area (Å²) < 4.78 is 4.72. The Balaban J connectivity index is 3.09. The van der Waals surface area contributed by atoms with Crippen LogP contribution in [0.4, 0.5) is 0 Å². The standard InChI is InChI=1S/C12H18O3/c1-4-7-12(5-2)8-6-9(13)10(12)11(14)15-3/h4,13H,1,5-8H2,2-3H3. The minimum Gasteiger partial charge on any atom is -0.512 e. The van der Waals surface area contributed by atoms with Crippen molar-refractivity contribution in [3.63, 3.8) is 0 Å². The van der Waals surface area contributed by atoms with Gasteiger partial charge in [0.25, 0.3) is 0 Å². The van der Waals surface area contributed by atoms with Gasteiger partial charge in [-0.15, -0.1) is 6.58 Å². The van der Waals surface area contributed by atoms with Gasteiger partial charge in [-0.1, -0.05) is 13.0 Å². The number of ether oxygens (including phenoxy) is 1. The van der Waals surface area contributed by atoms with Crippen LogP contribution in [0.25, 0.3) is 0 Å². The highest BCUT2D eigenvalue weighted by molar-refractivity contribution is 5.91. The van der Waals surface area contributed by atoms with E-state index in [0.29, 0.717) is 18.4 Å². The smallest absolute Gasteiger partial charge is 0.337 e. The van der Waals surface area contributed by atoms with E-state index in [1.54, 1.807) is 6.08 Å². The second kappa shape index (κ2) is 4.51. The zero-order chi connectivity index (χ0) is 11.5. The molecule has 0 amide bonds. The Labute approximate surface area is 90.4 Å². The molecule has 1 aliphatic carbocycles. The van der Waals surface area contributed by atoms with Gasteiger partial charge in [-0.3, -0.25) is 0 Å². The van der Waals surface area contributed by atoms with Gasteiger partial charge in [-0.25, -0.2) is 4.79 Å². The van der Waals surface area contributed by atoms with Crippen molar-refractivity contribution in [2.45, 2.75) is 32.6 Å². The first-order chi connectivity index (χ1) is 7.11. The van der Waals surface area contributed by atoms with E-state index in [1.807, 2.05) is 6.92 Å². The number of aliphatic hydroxyl groups is 1. The monoisotopic (exact) mass is 210 g/mol. The second-order valence-corrected chi connectivity index (χ2v) is 3.94. The van der Waals surface area contributed by atoms with Gasteiger partial charge in [0.05, 0.1) is 12.7 Å². The van der Waals surface area contributed by atoms with E-state index in [-0.39, 0.29) is 11.2 Å². The average Bonchev–Trinajstić information content (AvgIpc) is 2.56. The molecule has 1 atom stereocenters. The van der Waals surface area contributed by atoms with Crippen molar-refractivity contribution in [3.05, 3.63) is 24.0 Å². The number of carbonyl (C=O) groups is 1. The number of allylic oxidation sites excluding steroid dienone is 2. The topological polar surface area (TPSA) is 46.5 Å². The van der Waals surface area contributed by atoms with Gasteiger partial charge in [0.2, 0.25) is 0 Å². The maximum atomic E-state index is 11.6. The Morgan fingerprint density at radius 2 is 2.40 bits per heavy atom. The van der Waals surface area contributed by atoms with Gasteiger partial charge in [-0.2, -0.15) is 0 Å². The third-order valence-electron chi connectivity index (χ3n) is 3.26. The van der Waals surface area contributed by atoms with Crippen molar-refractivity contribution in [2.75, 3.05) is 7.11 Å². The van der Waals surface area contributed by atoms with Crippen molar-refractivity contribution >= 4 is 5.97 Å². The average molecular weight is 210 g/mol. The van der Waals surface area contributed by atoms with E-state index < -0.39 is 5.97 Å². The Morgan fingerprint density at radius 3 is 2.87 bits per heavy atom. The van der Waals surface area contributed by atoms with E-state index in [0.717, 1.165) is 12.8 Å². The lowest BCUT2D eigenvalue weighted by Gasteiger charge is -2.28. The molecule has 1 N–H and O–H groups in total.